The summed E-state index contributed by atoms with van der Waals surface area (Å²) >= 11 is 0. The molecule has 1 amide bonds. The van der Waals surface area contributed by atoms with Crippen molar-refractivity contribution in [2.75, 3.05) is 20.1 Å². The summed E-state index contributed by atoms with van der Waals surface area (Å²) in [6.07, 6.45) is 2.04. The summed E-state index contributed by atoms with van der Waals surface area (Å²) in [7, 11) is -2.26. The molecule has 0 atom stereocenters. The third kappa shape index (κ3) is 1.75. The molecule has 0 aliphatic carbocycles. The number of hydrogen-bond acceptors (Lipinski definition) is 4. The van der Waals surface area contributed by atoms with Gasteiger partial charge in [0.05, 0.1) is 10.6 Å². The monoisotopic (exact) mass is 292 g/mol. The fourth-order valence-electron chi connectivity index (χ4n) is 2.85. The molecule has 2 heterocycles. The van der Waals surface area contributed by atoms with E-state index in [1.54, 1.807) is 24.3 Å². The van der Waals surface area contributed by atoms with Gasteiger partial charge in [-0.2, -0.15) is 0 Å². The Hall–Kier alpha value is -1.82. The van der Waals surface area contributed by atoms with Gasteiger partial charge in [-0.05, 0) is 18.9 Å². The number of amides is 1. The van der Waals surface area contributed by atoms with Crippen LogP contribution in [-0.4, -0.2) is 39.4 Å². The molecule has 1 aromatic carbocycles. The Morgan fingerprint density at radius 2 is 1.85 bits per heavy atom. The summed E-state index contributed by atoms with van der Waals surface area (Å²) in [6, 6.07) is 6.83. The summed E-state index contributed by atoms with van der Waals surface area (Å²) in [5, 5.41) is 2.45. The van der Waals surface area contributed by atoms with Gasteiger partial charge >= 0.3 is 0 Å². The van der Waals surface area contributed by atoms with Gasteiger partial charge in [0.2, 0.25) is 9.84 Å². The molecule has 2 aliphatic rings. The average molecular weight is 292 g/mol. The van der Waals surface area contributed by atoms with Gasteiger partial charge in [0.25, 0.3) is 5.91 Å². The zero-order valence-electron chi connectivity index (χ0n) is 11.2. The van der Waals surface area contributed by atoms with Crippen molar-refractivity contribution in [1.29, 1.82) is 0 Å². The van der Waals surface area contributed by atoms with Crippen LogP contribution < -0.4 is 5.32 Å². The van der Waals surface area contributed by atoms with Crippen molar-refractivity contribution >= 4 is 21.4 Å². The number of benzene rings is 1. The molecule has 6 heteroatoms. The van der Waals surface area contributed by atoms with Crippen molar-refractivity contribution in [3.8, 4) is 0 Å². The van der Waals surface area contributed by atoms with Gasteiger partial charge in [-0.1, -0.05) is 18.2 Å². The predicted molar refractivity (Wildman–Crippen MR) is 75.4 cm³/mol. The van der Waals surface area contributed by atoms with Crippen LogP contribution in [0.4, 0.5) is 0 Å². The number of carbonyl (C=O) groups excluding carboxylic acids is 1. The number of fused-ring (bicyclic) bond motifs is 1. The maximum Gasteiger partial charge on any atom is 0.265 e. The first-order chi connectivity index (χ1) is 9.57. The van der Waals surface area contributed by atoms with Crippen molar-refractivity contribution in [2.24, 2.45) is 0 Å². The summed E-state index contributed by atoms with van der Waals surface area (Å²) in [4.78, 5) is 14.2. The van der Waals surface area contributed by atoms with E-state index in [4.69, 9.17) is 0 Å². The number of sulfone groups is 1. The largest absolute Gasteiger partial charge is 0.370 e. The van der Waals surface area contributed by atoms with Gasteiger partial charge in [0.1, 0.15) is 0 Å². The first kappa shape index (κ1) is 13.2. The first-order valence-corrected chi connectivity index (χ1v) is 8.11. The van der Waals surface area contributed by atoms with Gasteiger partial charge in [0.15, 0.2) is 4.91 Å². The minimum Gasteiger partial charge on any atom is -0.370 e. The molecule has 1 saturated heterocycles. The lowest BCUT2D eigenvalue weighted by Gasteiger charge is -2.20. The van der Waals surface area contributed by atoms with E-state index >= 15 is 0 Å². The molecule has 3 rings (SSSR count). The normalized spacial score (nSPS) is 20.1. The van der Waals surface area contributed by atoms with E-state index in [9.17, 15) is 13.2 Å². The van der Waals surface area contributed by atoms with Gasteiger partial charge in [0, 0.05) is 25.7 Å². The van der Waals surface area contributed by atoms with E-state index in [1.807, 2.05) is 4.90 Å². The molecule has 5 nitrogen and oxygen atoms in total. The number of likely N-dealkylation sites (N-methyl/N-ethyl adjacent to an activating group) is 1. The minimum absolute atomic E-state index is 0.108. The summed E-state index contributed by atoms with van der Waals surface area (Å²) in [5.41, 5.74) is 1.21. The Morgan fingerprint density at radius 3 is 2.50 bits per heavy atom. The van der Waals surface area contributed by atoms with Crippen molar-refractivity contribution < 1.29 is 13.2 Å². The second-order valence-electron chi connectivity index (χ2n) is 4.95. The number of rotatable bonds is 2. The first-order valence-electron chi connectivity index (χ1n) is 6.63. The average Bonchev–Trinajstić information content (AvgIpc) is 3.03. The molecule has 0 spiro atoms. The number of nitrogens with one attached hydrogen (secondary N) is 1. The lowest BCUT2D eigenvalue weighted by molar-refractivity contribution is -0.116. The summed E-state index contributed by atoms with van der Waals surface area (Å²) in [6.45, 7) is 1.58. The van der Waals surface area contributed by atoms with Gasteiger partial charge in [-0.3, -0.25) is 4.79 Å². The van der Waals surface area contributed by atoms with E-state index in [1.165, 1.54) is 7.05 Å². The number of hydrogen-bond donors (Lipinski definition) is 1. The van der Waals surface area contributed by atoms with Crippen LogP contribution in [0.3, 0.4) is 0 Å². The zero-order valence-corrected chi connectivity index (χ0v) is 12.0. The minimum atomic E-state index is -3.72. The lowest BCUT2D eigenvalue weighted by Crippen LogP contribution is -2.27. The van der Waals surface area contributed by atoms with Gasteiger partial charge in [-0.15, -0.1) is 0 Å². The Bertz CT molecular complexity index is 701. The number of carbonyl (C=O) groups is 1. The molecule has 1 aromatic rings. The lowest BCUT2D eigenvalue weighted by atomic mass is 10.1. The quantitative estimate of drug-likeness (QED) is 0.882. The van der Waals surface area contributed by atoms with Crippen LogP contribution in [0.25, 0.3) is 5.70 Å². The maximum atomic E-state index is 12.6. The van der Waals surface area contributed by atoms with Crippen LogP contribution in [0.1, 0.15) is 18.4 Å². The van der Waals surface area contributed by atoms with E-state index in [0.29, 0.717) is 11.3 Å². The van der Waals surface area contributed by atoms with Crippen LogP contribution in [0, 0.1) is 0 Å². The topological polar surface area (TPSA) is 66.5 Å². The smallest absolute Gasteiger partial charge is 0.265 e. The maximum absolute atomic E-state index is 12.6. The standard InChI is InChI=1S/C14H16N2O3S/c1-15-14(17)13-12(16-8-4-5-9-16)10-6-2-3-7-11(10)20(13,18)19/h2-3,6-7H,4-5,8-9H2,1H3,(H,15,17). The number of nitrogens with zero attached hydrogens (tertiary/aromatic N) is 1. The fourth-order valence-corrected chi connectivity index (χ4v) is 4.63. The molecule has 0 saturated carbocycles. The Morgan fingerprint density at radius 1 is 1.20 bits per heavy atom. The molecular formula is C14H16N2O3S. The molecule has 20 heavy (non-hydrogen) atoms. The van der Waals surface area contributed by atoms with Crippen molar-refractivity contribution in [1.82, 2.24) is 10.2 Å². The Kier molecular flexibility index (Phi) is 3.05. The highest BCUT2D eigenvalue weighted by Gasteiger charge is 2.41. The summed E-state index contributed by atoms with van der Waals surface area (Å²) < 4.78 is 25.2. The second-order valence-corrected chi connectivity index (χ2v) is 6.81. The van der Waals surface area contributed by atoms with E-state index < -0.39 is 15.7 Å². The van der Waals surface area contributed by atoms with Crippen LogP contribution in [0.15, 0.2) is 34.1 Å². The van der Waals surface area contributed by atoms with Crippen molar-refractivity contribution in [2.45, 2.75) is 17.7 Å². The molecule has 1 N–H and O–H groups in total. The third-order valence-corrected chi connectivity index (χ3v) is 5.62. The van der Waals surface area contributed by atoms with E-state index in [2.05, 4.69) is 5.32 Å². The van der Waals surface area contributed by atoms with Crippen LogP contribution in [-0.2, 0) is 14.6 Å². The Balaban J connectivity index is 2.28. The molecule has 0 radical (unpaired) electrons. The highest BCUT2D eigenvalue weighted by molar-refractivity contribution is 7.97. The molecule has 2 aliphatic heterocycles. The van der Waals surface area contributed by atoms with E-state index in [0.717, 1.165) is 25.9 Å². The molecule has 0 bridgehead atoms. The molecule has 106 valence electrons. The van der Waals surface area contributed by atoms with Crippen molar-refractivity contribution in [3.63, 3.8) is 0 Å². The number of likely N-dealkylation sites (tertiary alicyclic amines) is 1. The van der Waals surface area contributed by atoms with E-state index in [-0.39, 0.29) is 9.80 Å². The third-order valence-electron chi connectivity index (χ3n) is 3.77. The Labute approximate surface area is 118 Å². The molecule has 0 unspecified atom stereocenters. The highest BCUT2D eigenvalue weighted by Crippen LogP contribution is 2.41. The highest BCUT2D eigenvalue weighted by atomic mass is 32.2. The molecule has 0 aromatic heterocycles. The van der Waals surface area contributed by atoms with Gasteiger partial charge in [-0.25, -0.2) is 8.42 Å². The molecule has 1 fully saturated rings. The van der Waals surface area contributed by atoms with Crippen LogP contribution in [0.2, 0.25) is 0 Å². The predicted octanol–water partition coefficient (Wildman–Crippen LogP) is 0.984. The molecular weight excluding hydrogens is 276 g/mol. The SMILES string of the molecule is CNC(=O)C1=C(N2CCCC2)c2ccccc2S1(=O)=O. The zero-order chi connectivity index (χ0) is 14.3. The van der Waals surface area contributed by atoms with Gasteiger partial charge < -0.3 is 10.2 Å². The van der Waals surface area contributed by atoms with Crippen molar-refractivity contribution in [3.05, 3.63) is 34.7 Å². The van der Waals surface area contributed by atoms with Crippen LogP contribution in [0.5, 0.6) is 0 Å². The summed E-state index contributed by atoms with van der Waals surface area (Å²) in [5.74, 6) is -0.539. The van der Waals surface area contributed by atoms with Crippen LogP contribution >= 0.6 is 0 Å². The fraction of sp³-hybridized carbons (Fsp3) is 0.357. The second kappa shape index (κ2) is 4.63.